The van der Waals surface area contributed by atoms with E-state index in [-0.39, 0.29) is 23.8 Å². The number of halogens is 3. The maximum absolute atomic E-state index is 13.2. The van der Waals surface area contributed by atoms with Crippen LogP contribution in [0.15, 0.2) is 37.9 Å². The van der Waals surface area contributed by atoms with E-state index in [9.17, 15) is 39.9 Å². The molecule has 0 saturated carbocycles. The standard InChI is InChI=1S/C21H24F3N5O6S2/c1-11(2)7-8-29-20(31)17(18(30)15(26-29)9-12(3)21(22,23)24)19-25-14-6-5-13(27-36(4,32)33)10-16(14)37(34,35)28-19/h5-6,9-11,27,30H,7-8H2,1-4H3,(H,25,28). The van der Waals surface area contributed by atoms with Crippen molar-refractivity contribution in [2.45, 2.75) is 44.8 Å². The summed E-state index contributed by atoms with van der Waals surface area (Å²) in [5, 5.41) is 17.2. The van der Waals surface area contributed by atoms with Crippen molar-refractivity contribution >= 4 is 43.3 Å². The van der Waals surface area contributed by atoms with Gasteiger partial charge < -0.3 is 10.4 Å². The number of benzene rings is 1. The molecule has 1 aliphatic rings. The molecule has 0 radical (unpaired) electrons. The lowest BCUT2D eigenvalue weighted by molar-refractivity contribution is -0.0903. The highest BCUT2D eigenvalue weighted by Gasteiger charge is 2.33. The first-order valence-corrected chi connectivity index (χ1v) is 14.1. The molecular weight excluding hydrogens is 539 g/mol. The van der Waals surface area contributed by atoms with Crippen LogP contribution in [0.5, 0.6) is 5.75 Å². The number of rotatable bonds is 7. The van der Waals surface area contributed by atoms with Crippen LogP contribution in [-0.2, 0) is 26.6 Å². The van der Waals surface area contributed by atoms with E-state index in [1.165, 1.54) is 12.1 Å². The molecule has 0 bridgehead atoms. The molecule has 37 heavy (non-hydrogen) atoms. The Morgan fingerprint density at radius 2 is 1.95 bits per heavy atom. The number of allylic oxidation sites excluding steroid dienone is 1. The maximum Gasteiger partial charge on any atom is 0.412 e. The number of fused-ring (bicyclic) bond motifs is 1. The molecule has 11 nitrogen and oxygen atoms in total. The molecule has 1 aromatic heterocycles. The Morgan fingerprint density at radius 1 is 1.30 bits per heavy atom. The largest absolute Gasteiger partial charge is 0.505 e. The van der Waals surface area contributed by atoms with Crippen molar-refractivity contribution in [3.8, 4) is 5.75 Å². The van der Waals surface area contributed by atoms with Crippen LogP contribution in [0.2, 0.25) is 0 Å². The number of nitrogens with zero attached hydrogens (tertiary/aromatic N) is 3. The van der Waals surface area contributed by atoms with Gasteiger partial charge in [0.15, 0.2) is 11.6 Å². The Morgan fingerprint density at radius 3 is 2.51 bits per heavy atom. The first kappa shape index (κ1) is 28.2. The van der Waals surface area contributed by atoms with E-state index in [1.54, 1.807) is 0 Å². The SMILES string of the molecule is CC(=Cc1nn(CCC(C)C)c(=O)c(C2=NS(=O)(=O)c3cc(NS(C)(=O)=O)ccc3N2)c1O)C(F)(F)F. The number of nitrogens with one attached hydrogen (secondary N) is 2. The van der Waals surface area contributed by atoms with Gasteiger partial charge in [-0.1, -0.05) is 13.8 Å². The number of aryl methyl sites for hydroxylation is 1. The zero-order valence-electron chi connectivity index (χ0n) is 20.1. The van der Waals surface area contributed by atoms with Gasteiger partial charge in [-0.05, 0) is 43.5 Å². The second-order valence-corrected chi connectivity index (χ2v) is 12.1. The Bertz CT molecular complexity index is 1580. The van der Waals surface area contributed by atoms with Gasteiger partial charge >= 0.3 is 6.18 Å². The van der Waals surface area contributed by atoms with Crippen molar-refractivity contribution in [2.75, 3.05) is 16.3 Å². The molecule has 0 unspecified atom stereocenters. The zero-order chi connectivity index (χ0) is 27.9. The van der Waals surface area contributed by atoms with E-state index in [1.807, 2.05) is 13.8 Å². The fourth-order valence-corrected chi connectivity index (χ4v) is 4.96. The number of sulfonamides is 2. The second kappa shape index (κ2) is 9.81. The summed E-state index contributed by atoms with van der Waals surface area (Å²) in [6.45, 7) is 4.44. The molecule has 3 rings (SSSR count). The van der Waals surface area contributed by atoms with Gasteiger partial charge in [0.25, 0.3) is 15.6 Å². The van der Waals surface area contributed by atoms with Gasteiger partial charge in [-0.15, -0.1) is 4.40 Å². The summed E-state index contributed by atoms with van der Waals surface area (Å²) in [6, 6.07) is 3.46. The lowest BCUT2D eigenvalue weighted by Gasteiger charge is -2.20. The minimum absolute atomic E-state index is 0.0210. The molecule has 2 aromatic rings. The maximum atomic E-state index is 13.2. The first-order chi connectivity index (χ1) is 16.9. The number of aromatic nitrogens is 2. The third-order valence-corrected chi connectivity index (χ3v) is 7.06. The third kappa shape index (κ3) is 6.49. The van der Waals surface area contributed by atoms with Crippen molar-refractivity contribution in [1.82, 2.24) is 9.78 Å². The smallest absolute Gasteiger partial charge is 0.412 e. The zero-order valence-corrected chi connectivity index (χ0v) is 21.7. The topological polar surface area (TPSA) is 160 Å². The van der Waals surface area contributed by atoms with Crippen molar-refractivity contribution in [3.63, 3.8) is 0 Å². The summed E-state index contributed by atoms with van der Waals surface area (Å²) in [5.41, 5.74) is -3.54. The molecular formula is C21H24F3N5O6S2. The van der Waals surface area contributed by atoms with Gasteiger partial charge in [0.1, 0.15) is 16.2 Å². The summed E-state index contributed by atoms with van der Waals surface area (Å²) in [5.74, 6) is -1.53. The van der Waals surface area contributed by atoms with Crippen LogP contribution in [-0.4, -0.2) is 50.0 Å². The van der Waals surface area contributed by atoms with Gasteiger partial charge in [-0.25, -0.2) is 13.1 Å². The second-order valence-electron chi connectivity index (χ2n) is 8.77. The van der Waals surface area contributed by atoms with E-state index in [2.05, 4.69) is 19.5 Å². The van der Waals surface area contributed by atoms with Crippen LogP contribution in [0.4, 0.5) is 24.5 Å². The van der Waals surface area contributed by atoms with Gasteiger partial charge in [0, 0.05) is 17.8 Å². The highest BCUT2D eigenvalue weighted by atomic mass is 32.2. The first-order valence-electron chi connectivity index (χ1n) is 10.7. The monoisotopic (exact) mass is 563 g/mol. The van der Waals surface area contributed by atoms with Gasteiger partial charge in [-0.2, -0.15) is 26.7 Å². The summed E-state index contributed by atoms with van der Waals surface area (Å²) in [4.78, 5) is 12.8. The number of anilines is 2. The fourth-order valence-electron chi connectivity index (χ4n) is 3.26. The van der Waals surface area contributed by atoms with E-state index < -0.39 is 65.1 Å². The molecule has 16 heteroatoms. The molecule has 0 aliphatic carbocycles. The van der Waals surface area contributed by atoms with Crippen molar-refractivity contribution in [1.29, 1.82) is 0 Å². The highest BCUT2D eigenvalue weighted by Crippen LogP contribution is 2.34. The average Bonchev–Trinajstić information content (AvgIpc) is 2.73. The summed E-state index contributed by atoms with van der Waals surface area (Å²) in [6.07, 6.45) is -2.92. The summed E-state index contributed by atoms with van der Waals surface area (Å²) < 4.78 is 94.8. The van der Waals surface area contributed by atoms with Crippen LogP contribution in [0.1, 0.15) is 38.4 Å². The highest BCUT2D eigenvalue weighted by molar-refractivity contribution is 7.92. The van der Waals surface area contributed by atoms with E-state index in [4.69, 9.17) is 0 Å². The summed E-state index contributed by atoms with van der Waals surface area (Å²) >= 11 is 0. The molecule has 0 fully saturated rings. The van der Waals surface area contributed by atoms with Crippen LogP contribution in [0, 0.1) is 5.92 Å². The number of alkyl halides is 3. The van der Waals surface area contributed by atoms with Gasteiger partial charge in [0.2, 0.25) is 10.0 Å². The lowest BCUT2D eigenvalue weighted by Crippen LogP contribution is -2.34. The summed E-state index contributed by atoms with van der Waals surface area (Å²) in [7, 11) is -8.25. The minimum Gasteiger partial charge on any atom is -0.505 e. The predicted octanol–water partition coefficient (Wildman–Crippen LogP) is 2.89. The Labute approximate surface area is 210 Å². The number of hydrogen-bond donors (Lipinski definition) is 3. The van der Waals surface area contributed by atoms with Crippen molar-refractivity contribution in [3.05, 3.63) is 45.4 Å². The van der Waals surface area contributed by atoms with Crippen LogP contribution in [0.3, 0.4) is 0 Å². The quantitative estimate of drug-likeness (QED) is 0.464. The number of amidine groups is 1. The van der Waals surface area contributed by atoms with Crippen LogP contribution in [0.25, 0.3) is 6.08 Å². The number of aromatic hydroxyl groups is 1. The van der Waals surface area contributed by atoms with E-state index >= 15 is 0 Å². The number of hydrogen-bond acceptors (Lipinski definition) is 8. The Balaban J connectivity index is 2.21. The Hall–Kier alpha value is -3.40. The lowest BCUT2D eigenvalue weighted by atomic mass is 10.1. The molecule has 1 aromatic carbocycles. The van der Waals surface area contributed by atoms with E-state index in [0.29, 0.717) is 12.5 Å². The molecule has 0 spiro atoms. The minimum atomic E-state index is -4.74. The van der Waals surface area contributed by atoms with Crippen LogP contribution >= 0.6 is 0 Å². The fraction of sp³-hybridized carbons (Fsp3) is 0.381. The Kier molecular flexibility index (Phi) is 7.47. The van der Waals surface area contributed by atoms with Crippen LogP contribution < -0.4 is 15.6 Å². The molecule has 3 N–H and O–H groups in total. The average molecular weight is 564 g/mol. The normalized spacial score (nSPS) is 15.7. The molecule has 0 saturated heterocycles. The predicted molar refractivity (Wildman–Crippen MR) is 132 cm³/mol. The van der Waals surface area contributed by atoms with Gasteiger partial charge in [0.05, 0.1) is 11.9 Å². The molecule has 202 valence electrons. The van der Waals surface area contributed by atoms with E-state index in [0.717, 1.165) is 23.9 Å². The molecule has 0 amide bonds. The molecule has 1 aliphatic heterocycles. The third-order valence-electron chi connectivity index (χ3n) is 5.14. The molecule has 2 heterocycles. The van der Waals surface area contributed by atoms with Crippen molar-refractivity contribution < 1.29 is 35.1 Å². The molecule has 0 atom stereocenters. The van der Waals surface area contributed by atoms with Gasteiger partial charge in [-0.3, -0.25) is 9.52 Å². The van der Waals surface area contributed by atoms with Crippen molar-refractivity contribution in [2.24, 2.45) is 10.3 Å².